The fraction of sp³-hybridized carbons (Fsp3) is 0.526. The quantitative estimate of drug-likeness (QED) is 0.852. The summed E-state index contributed by atoms with van der Waals surface area (Å²) in [4.78, 5) is 2.61. The highest BCUT2D eigenvalue weighted by Gasteiger charge is 2.18. The van der Waals surface area contributed by atoms with Crippen LogP contribution in [0.1, 0.15) is 38.2 Å². The molecule has 1 fully saturated rings. The second kappa shape index (κ2) is 8.27. The van der Waals surface area contributed by atoms with Gasteiger partial charge < -0.3 is 10.2 Å². The van der Waals surface area contributed by atoms with E-state index in [-0.39, 0.29) is 0 Å². The van der Waals surface area contributed by atoms with E-state index in [2.05, 4.69) is 40.6 Å². The van der Waals surface area contributed by atoms with Gasteiger partial charge in [-0.3, -0.25) is 0 Å². The molecule has 0 radical (unpaired) electrons. The molecule has 2 heterocycles. The lowest BCUT2D eigenvalue weighted by molar-refractivity contribution is 0.195. The fourth-order valence-corrected chi connectivity index (χ4v) is 3.18. The maximum Gasteiger partial charge on any atom is 0.0645 e. The predicted molar refractivity (Wildman–Crippen MR) is 94.8 cm³/mol. The molecule has 1 saturated heterocycles. The van der Waals surface area contributed by atoms with Gasteiger partial charge in [0.15, 0.2) is 0 Å². The molecule has 3 rings (SSSR count). The molecule has 0 atom stereocenters. The Morgan fingerprint density at radius 2 is 1.96 bits per heavy atom. The van der Waals surface area contributed by atoms with Crippen LogP contribution in [0.4, 0.5) is 0 Å². The molecule has 1 aromatic carbocycles. The van der Waals surface area contributed by atoms with E-state index in [1.807, 2.05) is 29.1 Å². The van der Waals surface area contributed by atoms with Crippen molar-refractivity contribution in [2.24, 2.45) is 0 Å². The van der Waals surface area contributed by atoms with Crippen LogP contribution in [0.15, 0.2) is 42.7 Å². The largest absolute Gasteiger partial charge is 0.310 e. The van der Waals surface area contributed by atoms with Crippen LogP contribution in [0.3, 0.4) is 0 Å². The van der Waals surface area contributed by atoms with Crippen molar-refractivity contribution >= 4 is 0 Å². The van der Waals surface area contributed by atoms with Gasteiger partial charge in [-0.1, -0.05) is 31.5 Å². The summed E-state index contributed by atoms with van der Waals surface area (Å²) >= 11 is 0. The third-order valence-corrected chi connectivity index (χ3v) is 4.67. The van der Waals surface area contributed by atoms with Gasteiger partial charge in [-0.05, 0) is 51.0 Å². The summed E-state index contributed by atoms with van der Waals surface area (Å²) in [6, 6.07) is 10.9. The lowest BCUT2D eigenvalue weighted by atomic mass is 10.0. The number of hydrogen-bond donors (Lipinski definition) is 1. The molecule has 124 valence electrons. The molecule has 0 saturated carbocycles. The van der Waals surface area contributed by atoms with Crippen molar-refractivity contribution in [3.63, 3.8) is 0 Å². The molecule has 1 aromatic heterocycles. The summed E-state index contributed by atoms with van der Waals surface area (Å²) in [5.41, 5.74) is 2.37. The number of likely N-dealkylation sites (tertiary alicyclic amines) is 1. The Hall–Kier alpha value is -1.65. The number of rotatable bonds is 7. The van der Waals surface area contributed by atoms with Gasteiger partial charge in [0.25, 0.3) is 0 Å². The molecule has 0 unspecified atom stereocenters. The topological polar surface area (TPSA) is 33.1 Å². The Bertz CT molecular complexity index is 570. The maximum atomic E-state index is 4.46. The molecule has 23 heavy (non-hydrogen) atoms. The number of piperidine rings is 1. The first-order valence-electron chi connectivity index (χ1n) is 8.90. The third kappa shape index (κ3) is 4.66. The first kappa shape index (κ1) is 16.2. The van der Waals surface area contributed by atoms with Gasteiger partial charge in [0.1, 0.15) is 0 Å². The van der Waals surface area contributed by atoms with Gasteiger partial charge in [-0.15, -0.1) is 0 Å². The van der Waals surface area contributed by atoms with Crippen LogP contribution >= 0.6 is 0 Å². The van der Waals surface area contributed by atoms with E-state index < -0.39 is 0 Å². The monoisotopic (exact) mass is 312 g/mol. The minimum Gasteiger partial charge on any atom is -0.310 e. The number of aromatic nitrogens is 2. The standard InChI is InChI=1S/C19H28N4/c1-2-3-11-22-12-9-18(10-13-22)20-14-17-15-21-23(16-17)19-7-5-4-6-8-19/h4-8,15-16,18,20H,2-3,9-14H2,1H3. The van der Waals surface area contributed by atoms with Crippen LogP contribution in [0.2, 0.25) is 0 Å². The van der Waals surface area contributed by atoms with Crippen LogP contribution in [0.25, 0.3) is 5.69 Å². The van der Waals surface area contributed by atoms with Crippen molar-refractivity contribution in [3.8, 4) is 5.69 Å². The molecule has 1 aliphatic heterocycles. The molecule has 1 aliphatic rings. The first-order chi connectivity index (χ1) is 11.3. The zero-order valence-corrected chi connectivity index (χ0v) is 14.1. The normalized spacial score (nSPS) is 16.7. The highest BCUT2D eigenvalue weighted by Crippen LogP contribution is 2.13. The SMILES string of the molecule is CCCCN1CCC(NCc2cnn(-c3ccccc3)c2)CC1. The van der Waals surface area contributed by atoms with Crippen molar-refractivity contribution in [1.82, 2.24) is 20.0 Å². The van der Waals surface area contributed by atoms with E-state index in [0.717, 1.165) is 12.2 Å². The minimum absolute atomic E-state index is 0.646. The van der Waals surface area contributed by atoms with Crippen LogP contribution in [-0.4, -0.2) is 40.4 Å². The molecule has 1 N–H and O–H groups in total. The summed E-state index contributed by atoms with van der Waals surface area (Å²) in [5, 5.41) is 8.16. The number of para-hydroxylation sites is 1. The Kier molecular flexibility index (Phi) is 5.83. The second-order valence-electron chi connectivity index (χ2n) is 6.48. The number of benzene rings is 1. The van der Waals surface area contributed by atoms with Gasteiger partial charge in [-0.2, -0.15) is 5.10 Å². The smallest absolute Gasteiger partial charge is 0.0645 e. The number of nitrogens with zero attached hydrogens (tertiary/aromatic N) is 3. The van der Waals surface area contributed by atoms with Gasteiger partial charge in [0.05, 0.1) is 11.9 Å². The summed E-state index contributed by atoms with van der Waals surface area (Å²) in [5.74, 6) is 0. The molecule has 4 heteroatoms. The number of nitrogens with one attached hydrogen (secondary N) is 1. The van der Waals surface area contributed by atoms with E-state index in [1.54, 1.807) is 0 Å². The van der Waals surface area contributed by atoms with Crippen LogP contribution in [-0.2, 0) is 6.54 Å². The third-order valence-electron chi connectivity index (χ3n) is 4.67. The van der Waals surface area contributed by atoms with Gasteiger partial charge in [0, 0.05) is 24.3 Å². The zero-order chi connectivity index (χ0) is 15.9. The summed E-state index contributed by atoms with van der Waals surface area (Å²) in [7, 11) is 0. The second-order valence-corrected chi connectivity index (χ2v) is 6.48. The Balaban J connectivity index is 1.44. The van der Waals surface area contributed by atoms with Gasteiger partial charge >= 0.3 is 0 Å². The lowest BCUT2D eigenvalue weighted by Gasteiger charge is -2.32. The van der Waals surface area contributed by atoms with E-state index in [4.69, 9.17) is 0 Å². The Morgan fingerprint density at radius 1 is 1.17 bits per heavy atom. The summed E-state index contributed by atoms with van der Waals surface area (Å²) < 4.78 is 1.95. The van der Waals surface area contributed by atoms with Crippen molar-refractivity contribution in [2.75, 3.05) is 19.6 Å². The average Bonchev–Trinajstić information content (AvgIpc) is 3.09. The van der Waals surface area contributed by atoms with Crippen molar-refractivity contribution < 1.29 is 0 Å². The van der Waals surface area contributed by atoms with Crippen LogP contribution in [0.5, 0.6) is 0 Å². The summed E-state index contributed by atoms with van der Waals surface area (Å²) in [6.07, 6.45) is 9.24. The molecule has 4 nitrogen and oxygen atoms in total. The zero-order valence-electron chi connectivity index (χ0n) is 14.1. The lowest BCUT2D eigenvalue weighted by Crippen LogP contribution is -2.42. The molecular formula is C19H28N4. The molecule has 0 aliphatic carbocycles. The number of unbranched alkanes of at least 4 members (excludes halogenated alkanes) is 1. The minimum atomic E-state index is 0.646. The highest BCUT2D eigenvalue weighted by atomic mass is 15.3. The van der Waals surface area contributed by atoms with Crippen molar-refractivity contribution in [2.45, 2.75) is 45.2 Å². The maximum absolute atomic E-state index is 4.46. The molecule has 0 bridgehead atoms. The fourth-order valence-electron chi connectivity index (χ4n) is 3.18. The van der Waals surface area contributed by atoms with Crippen LogP contribution < -0.4 is 5.32 Å². The van der Waals surface area contributed by atoms with E-state index >= 15 is 0 Å². The Morgan fingerprint density at radius 3 is 2.70 bits per heavy atom. The highest BCUT2D eigenvalue weighted by molar-refractivity contribution is 5.30. The molecule has 0 amide bonds. The first-order valence-corrected chi connectivity index (χ1v) is 8.90. The van der Waals surface area contributed by atoms with E-state index in [0.29, 0.717) is 6.04 Å². The van der Waals surface area contributed by atoms with Crippen molar-refractivity contribution in [3.05, 3.63) is 48.3 Å². The van der Waals surface area contributed by atoms with Crippen LogP contribution in [0, 0.1) is 0 Å². The van der Waals surface area contributed by atoms with E-state index in [9.17, 15) is 0 Å². The number of hydrogen-bond acceptors (Lipinski definition) is 3. The molecular weight excluding hydrogens is 284 g/mol. The Labute approximate surface area is 139 Å². The predicted octanol–water partition coefficient (Wildman–Crippen LogP) is 3.23. The van der Waals surface area contributed by atoms with Gasteiger partial charge in [-0.25, -0.2) is 4.68 Å². The molecule has 0 spiro atoms. The van der Waals surface area contributed by atoms with Crippen molar-refractivity contribution in [1.29, 1.82) is 0 Å². The summed E-state index contributed by atoms with van der Waals surface area (Å²) in [6.45, 7) is 6.92. The molecule has 2 aromatic rings. The van der Waals surface area contributed by atoms with Gasteiger partial charge in [0.2, 0.25) is 0 Å². The van der Waals surface area contributed by atoms with E-state index in [1.165, 1.54) is 50.9 Å². The average molecular weight is 312 g/mol.